The second kappa shape index (κ2) is 11.3. The summed E-state index contributed by atoms with van der Waals surface area (Å²) in [6.07, 6.45) is 10.9. The van der Waals surface area contributed by atoms with E-state index >= 15 is 0 Å². The fraction of sp³-hybridized carbons (Fsp3) is 0.545. The Morgan fingerprint density at radius 3 is 2.93 bits per heavy atom. The van der Waals surface area contributed by atoms with Gasteiger partial charge in [-0.2, -0.15) is 0 Å². The molecule has 1 unspecified atom stereocenters. The number of anilines is 2. The summed E-state index contributed by atoms with van der Waals surface area (Å²) >= 11 is 0. The third-order valence-electron chi connectivity index (χ3n) is 5.32. The van der Waals surface area contributed by atoms with Crippen molar-refractivity contribution >= 4 is 17.5 Å². The molecule has 2 N–H and O–H groups in total. The number of piperidine rings is 1. The highest BCUT2D eigenvalue weighted by molar-refractivity contribution is 5.75. The van der Waals surface area contributed by atoms with Gasteiger partial charge >= 0.3 is 0 Å². The van der Waals surface area contributed by atoms with Crippen LogP contribution in [0.5, 0.6) is 0 Å². The summed E-state index contributed by atoms with van der Waals surface area (Å²) in [5.74, 6) is 2.53. The predicted octanol–water partition coefficient (Wildman–Crippen LogP) is 3.05. The van der Waals surface area contributed by atoms with Crippen molar-refractivity contribution in [2.45, 2.75) is 45.4 Å². The number of amides is 1. The maximum atomic E-state index is 12.2. The third-order valence-corrected chi connectivity index (χ3v) is 5.32. The Morgan fingerprint density at radius 2 is 2.10 bits per heavy atom. The van der Waals surface area contributed by atoms with E-state index < -0.39 is 0 Å². The van der Waals surface area contributed by atoms with Crippen LogP contribution in [-0.4, -0.2) is 47.0 Å². The molecule has 0 bridgehead atoms. The summed E-state index contributed by atoms with van der Waals surface area (Å²) in [6, 6.07) is 6.00. The van der Waals surface area contributed by atoms with Crippen LogP contribution in [0.1, 0.15) is 44.6 Å². The van der Waals surface area contributed by atoms with Gasteiger partial charge < -0.3 is 15.5 Å². The Bertz CT molecular complexity index is 754. The van der Waals surface area contributed by atoms with Crippen LogP contribution in [0, 0.1) is 5.92 Å². The molecular formula is C22H32N6O. The topological polar surface area (TPSA) is 83.0 Å². The van der Waals surface area contributed by atoms with E-state index in [-0.39, 0.29) is 5.91 Å². The van der Waals surface area contributed by atoms with Gasteiger partial charge in [-0.3, -0.25) is 9.78 Å². The van der Waals surface area contributed by atoms with E-state index in [1.54, 1.807) is 18.7 Å². The molecule has 3 rings (SSSR count). The average molecular weight is 397 g/mol. The Labute approximate surface area is 173 Å². The van der Waals surface area contributed by atoms with Gasteiger partial charge in [0.25, 0.3) is 0 Å². The van der Waals surface area contributed by atoms with Gasteiger partial charge in [-0.15, -0.1) is 0 Å². The van der Waals surface area contributed by atoms with Gasteiger partial charge in [0.05, 0.1) is 0 Å². The van der Waals surface area contributed by atoms with Gasteiger partial charge in [-0.05, 0) is 55.7 Å². The second-order valence-corrected chi connectivity index (χ2v) is 7.64. The quantitative estimate of drug-likeness (QED) is 0.642. The van der Waals surface area contributed by atoms with E-state index in [1.807, 2.05) is 18.2 Å². The lowest BCUT2D eigenvalue weighted by molar-refractivity contribution is -0.121. The van der Waals surface area contributed by atoms with Crippen LogP contribution >= 0.6 is 0 Å². The lowest BCUT2D eigenvalue weighted by atomic mass is 9.93. The fourth-order valence-electron chi connectivity index (χ4n) is 3.70. The number of aromatic nitrogens is 3. The number of pyridine rings is 1. The monoisotopic (exact) mass is 396 g/mol. The summed E-state index contributed by atoms with van der Waals surface area (Å²) in [5, 5.41) is 6.36. The number of carbonyl (C=O) groups is 1. The lowest BCUT2D eigenvalue weighted by Gasteiger charge is -2.33. The molecule has 156 valence electrons. The Kier molecular flexibility index (Phi) is 8.22. The average Bonchev–Trinajstić information content (AvgIpc) is 2.77. The van der Waals surface area contributed by atoms with Crippen molar-refractivity contribution in [3.05, 3.63) is 42.5 Å². The maximum Gasteiger partial charge on any atom is 0.220 e. The van der Waals surface area contributed by atoms with Crippen molar-refractivity contribution in [2.75, 3.05) is 36.4 Å². The van der Waals surface area contributed by atoms with Crippen LogP contribution in [-0.2, 0) is 11.2 Å². The first kappa shape index (κ1) is 21.0. The summed E-state index contributed by atoms with van der Waals surface area (Å²) in [5.41, 5.74) is 1.20. The Morgan fingerprint density at radius 1 is 1.24 bits per heavy atom. The predicted molar refractivity (Wildman–Crippen MR) is 116 cm³/mol. The molecule has 1 aliphatic rings. The highest BCUT2D eigenvalue weighted by atomic mass is 16.1. The Hall–Kier alpha value is -2.70. The van der Waals surface area contributed by atoms with E-state index in [2.05, 4.69) is 37.4 Å². The van der Waals surface area contributed by atoms with E-state index in [0.717, 1.165) is 57.0 Å². The largest absolute Gasteiger partial charge is 0.370 e. The minimum Gasteiger partial charge on any atom is -0.370 e. The third kappa shape index (κ3) is 7.00. The van der Waals surface area contributed by atoms with Gasteiger partial charge in [0, 0.05) is 51.1 Å². The van der Waals surface area contributed by atoms with E-state index in [1.165, 1.54) is 12.0 Å². The maximum absolute atomic E-state index is 12.2. The van der Waals surface area contributed by atoms with Gasteiger partial charge in [0.1, 0.15) is 18.0 Å². The van der Waals surface area contributed by atoms with E-state index in [9.17, 15) is 4.79 Å². The number of hydrogen-bond donors (Lipinski definition) is 2. The van der Waals surface area contributed by atoms with Crippen LogP contribution in [0.3, 0.4) is 0 Å². The van der Waals surface area contributed by atoms with Crippen LogP contribution in [0.4, 0.5) is 11.6 Å². The molecule has 0 aliphatic carbocycles. The molecule has 7 nitrogen and oxygen atoms in total. The highest BCUT2D eigenvalue weighted by Gasteiger charge is 2.22. The molecule has 0 saturated carbocycles. The molecule has 1 atom stereocenters. The first-order chi connectivity index (χ1) is 14.2. The smallest absolute Gasteiger partial charge is 0.220 e. The van der Waals surface area contributed by atoms with E-state index in [0.29, 0.717) is 18.9 Å². The van der Waals surface area contributed by atoms with Crippen LogP contribution < -0.4 is 15.5 Å². The van der Waals surface area contributed by atoms with Crippen molar-refractivity contribution in [3.63, 3.8) is 0 Å². The first-order valence-corrected chi connectivity index (χ1v) is 10.7. The molecular weight excluding hydrogens is 364 g/mol. The number of nitrogens with one attached hydrogen (secondary N) is 2. The number of nitrogens with zero attached hydrogens (tertiary/aromatic N) is 4. The normalized spacial score (nSPS) is 16.4. The molecule has 0 aromatic carbocycles. The van der Waals surface area contributed by atoms with Gasteiger partial charge in [-0.25, -0.2) is 9.97 Å². The van der Waals surface area contributed by atoms with Crippen molar-refractivity contribution in [3.8, 4) is 0 Å². The SMILES string of the molecule is CCCNc1cc(N2CCCC(CCC(=O)NCCc3ccncc3)C2)ncn1. The minimum absolute atomic E-state index is 0.143. The molecule has 1 fully saturated rings. The van der Waals surface area contributed by atoms with Crippen LogP contribution in [0.2, 0.25) is 0 Å². The highest BCUT2D eigenvalue weighted by Crippen LogP contribution is 2.25. The number of carbonyl (C=O) groups excluding carboxylic acids is 1. The Balaban J connectivity index is 1.41. The summed E-state index contributed by atoms with van der Waals surface area (Å²) in [4.78, 5) is 27.3. The lowest BCUT2D eigenvalue weighted by Crippen LogP contribution is -2.36. The summed E-state index contributed by atoms with van der Waals surface area (Å²) in [6.45, 7) is 5.69. The van der Waals surface area contributed by atoms with Crippen molar-refractivity contribution in [1.82, 2.24) is 20.3 Å². The molecule has 7 heteroatoms. The van der Waals surface area contributed by atoms with Crippen LogP contribution in [0.25, 0.3) is 0 Å². The van der Waals surface area contributed by atoms with E-state index in [4.69, 9.17) is 0 Å². The molecule has 29 heavy (non-hydrogen) atoms. The standard InChI is InChI=1S/C22H32N6O/c1-2-10-24-20-15-21(27-17-26-20)28-14-3-4-19(16-28)5-6-22(29)25-13-9-18-7-11-23-12-8-18/h7-8,11-12,15,17,19H,2-6,9-10,13-14,16H2,1H3,(H,25,29)(H,24,26,27). The summed E-state index contributed by atoms with van der Waals surface area (Å²) < 4.78 is 0. The fourth-order valence-corrected chi connectivity index (χ4v) is 3.70. The van der Waals surface area contributed by atoms with Crippen molar-refractivity contribution < 1.29 is 4.79 Å². The molecule has 0 spiro atoms. The van der Waals surface area contributed by atoms with Gasteiger partial charge in [0.15, 0.2) is 0 Å². The number of hydrogen-bond acceptors (Lipinski definition) is 6. The summed E-state index contributed by atoms with van der Waals surface area (Å²) in [7, 11) is 0. The van der Waals surface area contributed by atoms with Crippen LogP contribution in [0.15, 0.2) is 36.9 Å². The molecule has 1 saturated heterocycles. The van der Waals surface area contributed by atoms with Crippen molar-refractivity contribution in [1.29, 1.82) is 0 Å². The molecule has 3 heterocycles. The van der Waals surface area contributed by atoms with Gasteiger partial charge in [-0.1, -0.05) is 6.92 Å². The minimum atomic E-state index is 0.143. The first-order valence-electron chi connectivity index (χ1n) is 10.7. The van der Waals surface area contributed by atoms with Crippen molar-refractivity contribution in [2.24, 2.45) is 5.92 Å². The molecule has 1 amide bonds. The molecule has 2 aromatic heterocycles. The van der Waals surface area contributed by atoms with Gasteiger partial charge in [0.2, 0.25) is 5.91 Å². The molecule has 1 aliphatic heterocycles. The second-order valence-electron chi connectivity index (χ2n) is 7.64. The number of rotatable bonds is 10. The molecule has 2 aromatic rings. The zero-order valence-corrected chi connectivity index (χ0v) is 17.3. The zero-order chi connectivity index (χ0) is 20.3. The zero-order valence-electron chi connectivity index (χ0n) is 17.3. The molecule has 0 radical (unpaired) electrons.